The van der Waals surface area contributed by atoms with Crippen LogP contribution < -0.4 is 0 Å². The summed E-state index contributed by atoms with van der Waals surface area (Å²) in [4.78, 5) is 11.6. The van der Waals surface area contributed by atoms with Gasteiger partial charge in [-0.2, -0.15) is 0 Å². The fourth-order valence-electron chi connectivity index (χ4n) is 5.43. The maximum absolute atomic E-state index is 11.6. The van der Waals surface area contributed by atoms with Crippen molar-refractivity contribution in [3.05, 3.63) is 34.4 Å². The van der Waals surface area contributed by atoms with Gasteiger partial charge in [-0.25, -0.2) is 0 Å². The van der Waals surface area contributed by atoms with Crippen LogP contribution in [0.2, 0.25) is 0 Å². The van der Waals surface area contributed by atoms with Gasteiger partial charge >= 0.3 is 0 Å². The molecule has 5 atom stereocenters. The van der Waals surface area contributed by atoms with Crippen LogP contribution in [0.25, 0.3) is 0 Å². The molecule has 1 saturated carbocycles. The topological polar surface area (TPSA) is 118 Å². The van der Waals surface area contributed by atoms with E-state index in [1.165, 1.54) is 0 Å². The molecule has 0 spiro atoms. The number of hydrogen-bond acceptors (Lipinski definition) is 6. The third-order valence-electron chi connectivity index (χ3n) is 8.61. The fraction of sp³-hybridized carbons (Fsp3) is 0.767. The van der Waals surface area contributed by atoms with E-state index in [1.54, 1.807) is 13.8 Å². The Balaban J connectivity index is 2.89. The zero-order valence-corrected chi connectivity index (χ0v) is 23.7. The summed E-state index contributed by atoms with van der Waals surface area (Å²) >= 11 is 0. The first-order valence-electron chi connectivity index (χ1n) is 13.5. The van der Waals surface area contributed by atoms with Crippen LogP contribution in [0, 0.1) is 11.3 Å². The molecular formula is C30H52O6. The van der Waals surface area contributed by atoms with E-state index in [1.807, 2.05) is 39.8 Å². The standard InChI is InChI=1S/C30H52O6/c1-21(13-15-27(34)28(4,5)35)12-14-26(33)22(2)10-8-17-29(6)25(11-9-19-31)24(23(3)20-32)16-18-30(29,7)36/h10,12,20,25-27,31,33-36H,8-9,11,13-19H2,1-7H3/b21-12+,22-10+,24-23-/t25-,26-,27+,29+,30+/m1/s1. The van der Waals surface area contributed by atoms with Crippen molar-refractivity contribution in [2.45, 2.75) is 130 Å². The average molecular weight is 509 g/mol. The minimum Gasteiger partial charge on any atom is -0.396 e. The number of carbonyl (C=O) groups excluding carboxylic acids is 1. The average Bonchev–Trinajstić information content (AvgIpc) is 2.80. The van der Waals surface area contributed by atoms with Crippen molar-refractivity contribution in [3.8, 4) is 0 Å². The molecule has 0 aromatic carbocycles. The Bertz CT molecular complexity index is 801. The molecule has 1 aliphatic rings. The molecule has 0 radical (unpaired) electrons. The Morgan fingerprint density at radius 1 is 1.17 bits per heavy atom. The molecular weight excluding hydrogens is 456 g/mol. The fourth-order valence-corrected chi connectivity index (χ4v) is 5.43. The zero-order chi connectivity index (χ0) is 27.7. The maximum atomic E-state index is 11.6. The smallest absolute Gasteiger partial charge is 0.145 e. The first kappa shape index (κ1) is 32.7. The van der Waals surface area contributed by atoms with Crippen molar-refractivity contribution in [2.75, 3.05) is 6.61 Å². The second-order valence-electron chi connectivity index (χ2n) is 11.9. The molecule has 0 heterocycles. The predicted octanol–water partition coefficient (Wildman–Crippen LogP) is 4.78. The molecule has 1 rings (SSSR count). The Morgan fingerprint density at radius 2 is 1.81 bits per heavy atom. The van der Waals surface area contributed by atoms with Crippen LogP contribution in [0.1, 0.15) is 106 Å². The minimum absolute atomic E-state index is 0.0158. The molecule has 5 N–H and O–H groups in total. The van der Waals surface area contributed by atoms with Gasteiger partial charge in [-0.15, -0.1) is 0 Å². The van der Waals surface area contributed by atoms with Crippen LogP contribution in [0.3, 0.4) is 0 Å². The number of allylic oxidation sites excluding steroid dienone is 4. The second kappa shape index (κ2) is 14.0. The van der Waals surface area contributed by atoms with Crippen LogP contribution in [0.5, 0.6) is 0 Å². The lowest BCUT2D eigenvalue weighted by atomic mass is 9.54. The van der Waals surface area contributed by atoms with Crippen molar-refractivity contribution in [1.82, 2.24) is 0 Å². The molecule has 0 saturated heterocycles. The molecule has 0 bridgehead atoms. The summed E-state index contributed by atoms with van der Waals surface area (Å²) in [5.74, 6) is 0.0158. The summed E-state index contributed by atoms with van der Waals surface area (Å²) in [5, 5.41) is 51.4. The highest BCUT2D eigenvalue weighted by molar-refractivity contribution is 5.74. The van der Waals surface area contributed by atoms with Crippen molar-refractivity contribution in [2.24, 2.45) is 11.3 Å². The zero-order valence-electron chi connectivity index (χ0n) is 23.7. The normalized spacial score (nSPS) is 29.2. The van der Waals surface area contributed by atoms with Gasteiger partial charge in [0.25, 0.3) is 0 Å². The molecule has 36 heavy (non-hydrogen) atoms. The number of aldehydes is 1. The van der Waals surface area contributed by atoms with Gasteiger partial charge in [0.2, 0.25) is 0 Å². The van der Waals surface area contributed by atoms with Crippen molar-refractivity contribution >= 4 is 6.29 Å². The van der Waals surface area contributed by atoms with Gasteiger partial charge in [0.15, 0.2) is 0 Å². The van der Waals surface area contributed by atoms with Crippen LogP contribution >= 0.6 is 0 Å². The van der Waals surface area contributed by atoms with E-state index in [-0.39, 0.29) is 12.5 Å². The molecule has 0 unspecified atom stereocenters. The molecule has 208 valence electrons. The highest BCUT2D eigenvalue weighted by atomic mass is 16.3. The Morgan fingerprint density at radius 3 is 2.36 bits per heavy atom. The lowest BCUT2D eigenvalue weighted by Gasteiger charge is -2.53. The van der Waals surface area contributed by atoms with Gasteiger partial charge in [0.05, 0.1) is 23.4 Å². The largest absolute Gasteiger partial charge is 0.396 e. The van der Waals surface area contributed by atoms with E-state index >= 15 is 0 Å². The van der Waals surface area contributed by atoms with E-state index in [9.17, 15) is 30.3 Å². The quantitative estimate of drug-likeness (QED) is 0.131. The van der Waals surface area contributed by atoms with Gasteiger partial charge in [-0.3, -0.25) is 4.79 Å². The molecule has 0 aliphatic heterocycles. The molecule has 1 aliphatic carbocycles. The van der Waals surface area contributed by atoms with Gasteiger partial charge in [0.1, 0.15) is 6.29 Å². The van der Waals surface area contributed by atoms with Crippen molar-refractivity contribution in [1.29, 1.82) is 0 Å². The molecule has 0 aromatic heterocycles. The van der Waals surface area contributed by atoms with Gasteiger partial charge < -0.3 is 25.5 Å². The summed E-state index contributed by atoms with van der Waals surface area (Å²) < 4.78 is 0. The Hall–Kier alpha value is -1.31. The lowest BCUT2D eigenvalue weighted by Crippen LogP contribution is -2.52. The van der Waals surface area contributed by atoms with Crippen LogP contribution in [-0.4, -0.2) is 61.8 Å². The van der Waals surface area contributed by atoms with E-state index in [2.05, 4.69) is 6.92 Å². The highest BCUT2D eigenvalue weighted by Crippen LogP contribution is 2.55. The highest BCUT2D eigenvalue weighted by Gasteiger charge is 2.52. The number of aliphatic hydroxyl groups is 5. The minimum atomic E-state index is -1.13. The molecule has 0 amide bonds. The summed E-state index contributed by atoms with van der Waals surface area (Å²) in [6.45, 7) is 13.0. The number of hydrogen-bond donors (Lipinski definition) is 5. The Labute approximate surface area is 218 Å². The van der Waals surface area contributed by atoms with E-state index < -0.39 is 28.8 Å². The van der Waals surface area contributed by atoms with Crippen LogP contribution in [0.15, 0.2) is 34.4 Å². The Kier molecular flexibility index (Phi) is 12.7. The molecule has 1 fully saturated rings. The summed E-state index contributed by atoms with van der Waals surface area (Å²) in [6.07, 6.45) is 9.15. The van der Waals surface area contributed by atoms with Gasteiger partial charge in [-0.1, -0.05) is 30.2 Å². The van der Waals surface area contributed by atoms with Crippen molar-refractivity contribution in [3.63, 3.8) is 0 Å². The van der Waals surface area contributed by atoms with E-state index in [0.717, 1.165) is 35.0 Å². The first-order chi connectivity index (χ1) is 16.6. The number of carbonyl (C=O) groups is 1. The monoisotopic (exact) mass is 508 g/mol. The molecule has 6 heteroatoms. The van der Waals surface area contributed by atoms with Gasteiger partial charge in [0, 0.05) is 12.0 Å². The lowest BCUT2D eigenvalue weighted by molar-refractivity contribution is -0.115. The number of rotatable bonds is 14. The summed E-state index contributed by atoms with van der Waals surface area (Å²) in [5.41, 5.74) is 1.29. The van der Waals surface area contributed by atoms with E-state index in [4.69, 9.17) is 0 Å². The molecule has 0 aromatic rings. The first-order valence-corrected chi connectivity index (χ1v) is 13.5. The number of aliphatic hydroxyl groups excluding tert-OH is 3. The predicted molar refractivity (Wildman–Crippen MR) is 145 cm³/mol. The maximum Gasteiger partial charge on any atom is 0.145 e. The SMILES string of the molecule is C/C(C=O)=C1\CC[C@](C)(O)[C@@](C)(CC/C=C(\C)[C@H](O)C/C=C(\C)CC[C@H](O)C(C)(C)O)[C@@H]1CCCO. The third-order valence-corrected chi connectivity index (χ3v) is 8.61. The summed E-state index contributed by atoms with van der Waals surface area (Å²) in [6, 6.07) is 0. The van der Waals surface area contributed by atoms with E-state index in [0.29, 0.717) is 51.4 Å². The molecule has 6 nitrogen and oxygen atoms in total. The second-order valence-corrected chi connectivity index (χ2v) is 11.9. The van der Waals surface area contributed by atoms with Crippen LogP contribution in [0.4, 0.5) is 0 Å². The van der Waals surface area contributed by atoms with Crippen molar-refractivity contribution < 1.29 is 30.3 Å². The third kappa shape index (κ3) is 8.91. The summed E-state index contributed by atoms with van der Waals surface area (Å²) in [7, 11) is 0. The van der Waals surface area contributed by atoms with Crippen LogP contribution in [-0.2, 0) is 4.79 Å². The van der Waals surface area contributed by atoms with Gasteiger partial charge in [-0.05, 0) is 116 Å².